The van der Waals surface area contributed by atoms with Gasteiger partial charge < -0.3 is 10.4 Å². The number of aliphatic carboxylic acids is 1. The van der Waals surface area contributed by atoms with Crippen LogP contribution < -0.4 is 5.32 Å². The van der Waals surface area contributed by atoms with Gasteiger partial charge in [-0.15, -0.1) is 0 Å². The molecule has 6 heteroatoms. The summed E-state index contributed by atoms with van der Waals surface area (Å²) in [5.41, 5.74) is 0.267. The molecule has 0 spiro atoms. The van der Waals surface area contributed by atoms with Crippen molar-refractivity contribution in [3.63, 3.8) is 0 Å². The Balaban J connectivity index is 2.49. The van der Waals surface area contributed by atoms with Gasteiger partial charge in [0.2, 0.25) is 0 Å². The van der Waals surface area contributed by atoms with Gasteiger partial charge in [0.1, 0.15) is 6.33 Å². The predicted octanol–water partition coefficient (Wildman–Crippen LogP) is 1.45. The number of hydrogen-bond acceptors (Lipinski definition) is 4. The standard InChI is InChI=1S/C10H14FN3O2/c1-6(10(15)16)3-4-12-9-8(11)7(2)13-5-14-9/h5-6H,3-4H2,1-2H3,(H,15,16)(H,12,13,14). The molecule has 0 radical (unpaired) electrons. The maximum Gasteiger partial charge on any atom is 0.306 e. The number of anilines is 1. The zero-order valence-electron chi connectivity index (χ0n) is 9.20. The molecular weight excluding hydrogens is 213 g/mol. The second-order valence-corrected chi connectivity index (χ2v) is 3.58. The predicted molar refractivity (Wildman–Crippen MR) is 56.6 cm³/mol. The van der Waals surface area contributed by atoms with E-state index in [0.29, 0.717) is 13.0 Å². The molecule has 0 bridgehead atoms. The monoisotopic (exact) mass is 227 g/mol. The van der Waals surface area contributed by atoms with Crippen LogP contribution in [0, 0.1) is 18.7 Å². The van der Waals surface area contributed by atoms with Gasteiger partial charge in [-0.2, -0.15) is 0 Å². The van der Waals surface area contributed by atoms with Crippen molar-refractivity contribution in [1.82, 2.24) is 9.97 Å². The van der Waals surface area contributed by atoms with Crippen molar-refractivity contribution in [2.45, 2.75) is 20.3 Å². The zero-order valence-corrected chi connectivity index (χ0v) is 9.20. The van der Waals surface area contributed by atoms with Crippen LogP contribution in [0.2, 0.25) is 0 Å². The molecule has 1 atom stereocenters. The molecule has 2 N–H and O–H groups in total. The van der Waals surface area contributed by atoms with Crippen LogP contribution in [0.1, 0.15) is 19.0 Å². The highest BCUT2D eigenvalue weighted by atomic mass is 19.1. The third-order valence-electron chi connectivity index (χ3n) is 2.26. The molecule has 88 valence electrons. The lowest BCUT2D eigenvalue weighted by Gasteiger charge is -2.09. The van der Waals surface area contributed by atoms with Crippen molar-refractivity contribution in [2.75, 3.05) is 11.9 Å². The van der Waals surface area contributed by atoms with Crippen LogP contribution in [-0.4, -0.2) is 27.6 Å². The van der Waals surface area contributed by atoms with Crippen molar-refractivity contribution in [3.05, 3.63) is 17.8 Å². The van der Waals surface area contributed by atoms with E-state index in [2.05, 4.69) is 15.3 Å². The number of aromatic nitrogens is 2. The van der Waals surface area contributed by atoms with E-state index < -0.39 is 17.7 Å². The Morgan fingerprint density at radius 2 is 2.31 bits per heavy atom. The summed E-state index contributed by atoms with van der Waals surface area (Å²) in [7, 11) is 0. The van der Waals surface area contributed by atoms with Gasteiger partial charge in [-0.05, 0) is 13.3 Å². The SMILES string of the molecule is Cc1ncnc(NCCC(C)C(=O)O)c1F. The molecule has 0 aliphatic carbocycles. The smallest absolute Gasteiger partial charge is 0.306 e. The Labute approximate surface area is 92.7 Å². The highest BCUT2D eigenvalue weighted by Gasteiger charge is 2.11. The van der Waals surface area contributed by atoms with E-state index in [1.54, 1.807) is 13.8 Å². The summed E-state index contributed by atoms with van der Waals surface area (Å²) in [6.07, 6.45) is 1.68. The van der Waals surface area contributed by atoms with E-state index >= 15 is 0 Å². The molecule has 0 amide bonds. The van der Waals surface area contributed by atoms with Crippen LogP contribution in [0.25, 0.3) is 0 Å². The minimum atomic E-state index is -0.860. The lowest BCUT2D eigenvalue weighted by Crippen LogP contribution is -2.15. The topological polar surface area (TPSA) is 75.1 Å². The molecule has 1 unspecified atom stereocenters. The molecule has 1 aromatic heterocycles. The summed E-state index contributed by atoms with van der Waals surface area (Å²) in [5, 5.41) is 11.4. The number of nitrogens with one attached hydrogen (secondary N) is 1. The van der Waals surface area contributed by atoms with Crippen LogP contribution in [0.3, 0.4) is 0 Å². The second kappa shape index (κ2) is 5.39. The average molecular weight is 227 g/mol. The maximum absolute atomic E-state index is 13.4. The Bertz CT molecular complexity index is 384. The van der Waals surface area contributed by atoms with E-state index in [9.17, 15) is 9.18 Å². The molecule has 0 aliphatic rings. The molecule has 1 heterocycles. The quantitative estimate of drug-likeness (QED) is 0.796. The summed E-state index contributed by atoms with van der Waals surface area (Å²) >= 11 is 0. The van der Waals surface area contributed by atoms with Gasteiger partial charge in [0.05, 0.1) is 11.6 Å². The number of rotatable bonds is 5. The number of carboxylic acid groups (broad SMARTS) is 1. The molecule has 0 aliphatic heterocycles. The Morgan fingerprint density at radius 3 is 2.94 bits per heavy atom. The summed E-state index contributed by atoms with van der Waals surface area (Å²) in [4.78, 5) is 18.0. The first-order chi connectivity index (χ1) is 7.52. The highest BCUT2D eigenvalue weighted by Crippen LogP contribution is 2.12. The molecule has 0 aromatic carbocycles. The first kappa shape index (κ1) is 12.4. The number of aryl methyl sites for hydroxylation is 1. The molecule has 16 heavy (non-hydrogen) atoms. The molecule has 0 saturated carbocycles. The lowest BCUT2D eigenvalue weighted by molar-refractivity contribution is -0.141. The highest BCUT2D eigenvalue weighted by molar-refractivity contribution is 5.69. The second-order valence-electron chi connectivity index (χ2n) is 3.58. The van der Waals surface area contributed by atoms with Crippen LogP contribution in [0.15, 0.2) is 6.33 Å². The van der Waals surface area contributed by atoms with Crippen LogP contribution in [0.4, 0.5) is 10.2 Å². The summed E-state index contributed by atoms with van der Waals surface area (Å²) in [5.74, 6) is -1.70. The molecular formula is C10H14FN3O2. The van der Waals surface area contributed by atoms with Gasteiger partial charge >= 0.3 is 5.97 Å². The van der Waals surface area contributed by atoms with Gasteiger partial charge in [0.15, 0.2) is 11.6 Å². The first-order valence-electron chi connectivity index (χ1n) is 4.96. The summed E-state index contributed by atoms with van der Waals surface area (Å²) < 4.78 is 13.4. The Kier molecular flexibility index (Phi) is 4.16. The van der Waals surface area contributed by atoms with E-state index in [-0.39, 0.29) is 11.5 Å². The maximum atomic E-state index is 13.4. The van der Waals surface area contributed by atoms with Crippen LogP contribution >= 0.6 is 0 Å². The van der Waals surface area contributed by atoms with Crippen LogP contribution in [-0.2, 0) is 4.79 Å². The van der Waals surface area contributed by atoms with Crippen molar-refractivity contribution < 1.29 is 14.3 Å². The average Bonchev–Trinajstić information content (AvgIpc) is 2.24. The fourth-order valence-electron chi connectivity index (χ4n) is 1.11. The van der Waals surface area contributed by atoms with E-state index in [4.69, 9.17) is 5.11 Å². The van der Waals surface area contributed by atoms with Gasteiger partial charge in [-0.3, -0.25) is 4.79 Å². The lowest BCUT2D eigenvalue weighted by atomic mass is 10.1. The molecule has 1 aromatic rings. The van der Waals surface area contributed by atoms with Gasteiger partial charge in [0.25, 0.3) is 0 Å². The third kappa shape index (κ3) is 3.15. The number of hydrogen-bond donors (Lipinski definition) is 2. The van der Waals surface area contributed by atoms with Crippen molar-refractivity contribution in [2.24, 2.45) is 5.92 Å². The third-order valence-corrected chi connectivity index (χ3v) is 2.26. The molecule has 0 saturated heterocycles. The minimum Gasteiger partial charge on any atom is -0.481 e. The molecule has 1 rings (SSSR count). The van der Waals surface area contributed by atoms with Gasteiger partial charge in [0, 0.05) is 6.54 Å². The molecule has 0 fully saturated rings. The fourth-order valence-corrected chi connectivity index (χ4v) is 1.11. The Morgan fingerprint density at radius 1 is 1.62 bits per heavy atom. The minimum absolute atomic E-state index is 0.116. The van der Waals surface area contributed by atoms with E-state index in [1.807, 2.05) is 0 Å². The zero-order chi connectivity index (χ0) is 12.1. The van der Waals surface area contributed by atoms with E-state index in [1.165, 1.54) is 6.33 Å². The normalized spacial score (nSPS) is 12.2. The summed E-state index contributed by atoms with van der Waals surface area (Å²) in [6.45, 7) is 3.51. The van der Waals surface area contributed by atoms with Crippen molar-refractivity contribution in [3.8, 4) is 0 Å². The number of carboxylic acids is 1. The fraction of sp³-hybridized carbons (Fsp3) is 0.500. The molecule has 5 nitrogen and oxygen atoms in total. The van der Waals surface area contributed by atoms with Crippen LogP contribution in [0.5, 0.6) is 0 Å². The first-order valence-corrected chi connectivity index (χ1v) is 4.96. The van der Waals surface area contributed by atoms with Crippen molar-refractivity contribution >= 4 is 11.8 Å². The number of halogens is 1. The van der Waals surface area contributed by atoms with E-state index in [0.717, 1.165) is 0 Å². The number of nitrogens with zero attached hydrogens (tertiary/aromatic N) is 2. The van der Waals surface area contributed by atoms with Gasteiger partial charge in [-0.25, -0.2) is 14.4 Å². The van der Waals surface area contributed by atoms with Gasteiger partial charge in [-0.1, -0.05) is 6.92 Å². The largest absolute Gasteiger partial charge is 0.481 e. The van der Waals surface area contributed by atoms with Crippen molar-refractivity contribution in [1.29, 1.82) is 0 Å². The number of carbonyl (C=O) groups is 1. The summed E-state index contributed by atoms with van der Waals surface area (Å²) in [6, 6.07) is 0. The Hall–Kier alpha value is -1.72.